The van der Waals surface area contributed by atoms with Gasteiger partial charge in [0.15, 0.2) is 0 Å². The Kier molecular flexibility index (Phi) is 3.37. The summed E-state index contributed by atoms with van der Waals surface area (Å²) in [6.45, 7) is 10.0. The second kappa shape index (κ2) is 3.84. The van der Waals surface area contributed by atoms with Crippen LogP contribution in [-0.4, -0.2) is 0 Å². The summed E-state index contributed by atoms with van der Waals surface area (Å²) in [6.07, 6.45) is 4.29. The summed E-state index contributed by atoms with van der Waals surface area (Å²) in [7, 11) is 0. The van der Waals surface area contributed by atoms with Crippen LogP contribution in [0.4, 0.5) is 4.39 Å². The van der Waals surface area contributed by atoms with Crippen molar-refractivity contribution in [2.45, 2.75) is 0 Å². The maximum absolute atomic E-state index is 11.8. The van der Waals surface area contributed by atoms with Crippen molar-refractivity contribution in [3.63, 3.8) is 0 Å². The van der Waals surface area contributed by atoms with Gasteiger partial charge < -0.3 is 0 Å². The lowest BCUT2D eigenvalue weighted by molar-refractivity contribution is 0.671. The number of hydrogen-bond donors (Lipinski definition) is 0. The first-order valence-electron chi connectivity index (χ1n) is 2.50. The largest absolute Gasteiger partial charge is 0.208 e. The zero-order chi connectivity index (χ0) is 7.28. The highest BCUT2D eigenvalue weighted by Gasteiger charge is 1.78. The minimum Gasteiger partial charge on any atom is -0.208 e. The maximum atomic E-state index is 11.8. The Morgan fingerprint density at radius 1 is 1.22 bits per heavy atom. The highest BCUT2D eigenvalue weighted by Crippen LogP contribution is 1.98. The van der Waals surface area contributed by atoms with Crippen LogP contribution in [0.1, 0.15) is 0 Å². The second-order valence-corrected chi connectivity index (χ2v) is 1.56. The van der Waals surface area contributed by atoms with Crippen molar-refractivity contribution in [1.29, 1.82) is 0 Å². The number of hydrogen-bond acceptors (Lipinski definition) is 0. The van der Waals surface area contributed by atoms with Gasteiger partial charge >= 0.3 is 0 Å². The topological polar surface area (TPSA) is 0 Å². The Bertz CT molecular complexity index is 163. The van der Waals surface area contributed by atoms with Crippen LogP contribution in [0.15, 0.2) is 49.4 Å². The Hall–Kier alpha value is -1.11. The van der Waals surface area contributed by atoms with Gasteiger partial charge in [-0.25, -0.2) is 4.39 Å². The SMILES string of the molecule is C=CC(=C)/C=C\C(=C)F. The highest BCUT2D eigenvalue weighted by atomic mass is 19.1. The number of rotatable bonds is 3. The lowest BCUT2D eigenvalue weighted by Gasteiger charge is -1.83. The van der Waals surface area contributed by atoms with Crippen molar-refractivity contribution in [2.24, 2.45) is 0 Å². The molecule has 0 unspecified atom stereocenters. The summed E-state index contributed by atoms with van der Waals surface area (Å²) in [5.74, 6) is -0.474. The van der Waals surface area contributed by atoms with Crippen LogP contribution in [0.2, 0.25) is 0 Å². The standard InChI is InChI=1S/C8H9F/c1-4-7(2)5-6-8(3)9/h4-6H,1-3H2/b6-5-. The van der Waals surface area contributed by atoms with Crippen molar-refractivity contribution in [3.05, 3.63) is 49.4 Å². The van der Waals surface area contributed by atoms with Crippen molar-refractivity contribution in [3.8, 4) is 0 Å². The van der Waals surface area contributed by atoms with Gasteiger partial charge in [-0.05, 0) is 11.6 Å². The molecule has 0 bridgehead atoms. The van der Waals surface area contributed by atoms with Crippen LogP contribution >= 0.6 is 0 Å². The molecule has 1 heteroatoms. The van der Waals surface area contributed by atoms with Gasteiger partial charge in [0.05, 0.1) is 0 Å². The Labute approximate surface area is 54.7 Å². The zero-order valence-electron chi connectivity index (χ0n) is 5.23. The van der Waals surface area contributed by atoms with Gasteiger partial charge in [-0.1, -0.05) is 31.9 Å². The average molecular weight is 124 g/mol. The van der Waals surface area contributed by atoms with E-state index in [1.54, 1.807) is 6.08 Å². The van der Waals surface area contributed by atoms with Gasteiger partial charge in [0.1, 0.15) is 5.83 Å². The monoisotopic (exact) mass is 124 g/mol. The molecule has 0 aromatic rings. The van der Waals surface area contributed by atoms with E-state index in [-0.39, 0.29) is 0 Å². The second-order valence-electron chi connectivity index (χ2n) is 1.56. The molecule has 0 saturated heterocycles. The normalized spacial score (nSPS) is 9.44. The Balaban J connectivity index is 3.85. The van der Waals surface area contributed by atoms with E-state index in [0.29, 0.717) is 5.57 Å². The van der Waals surface area contributed by atoms with Crippen molar-refractivity contribution >= 4 is 0 Å². The van der Waals surface area contributed by atoms with Crippen LogP contribution in [0.25, 0.3) is 0 Å². The predicted octanol–water partition coefficient (Wildman–Crippen LogP) is 2.77. The van der Waals surface area contributed by atoms with E-state index < -0.39 is 5.83 Å². The molecule has 0 aromatic heterocycles. The molecule has 0 rings (SSSR count). The molecule has 0 spiro atoms. The van der Waals surface area contributed by atoms with Crippen LogP contribution in [-0.2, 0) is 0 Å². The van der Waals surface area contributed by atoms with Gasteiger partial charge in [-0.3, -0.25) is 0 Å². The third-order valence-electron chi connectivity index (χ3n) is 0.740. The van der Waals surface area contributed by atoms with Gasteiger partial charge in [0.25, 0.3) is 0 Å². The molecule has 0 amide bonds. The number of allylic oxidation sites excluding steroid dienone is 5. The van der Waals surface area contributed by atoms with Crippen molar-refractivity contribution in [2.75, 3.05) is 0 Å². The summed E-state index contributed by atoms with van der Waals surface area (Å²) in [4.78, 5) is 0. The zero-order valence-corrected chi connectivity index (χ0v) is 5.23. The first-order chi connectivity index (χ1) is 4.16. The van der Waals surface area contributed by atoms with E-state index in [1.165, 1.54) is 12.2 Å². The molecule has 0 aliphatic heterocycles. The van der Waals surface area contributed by atoms with E-state index in [9.17, 15) is 4.39 Å². The lowest BCUT2D eigenvalue weighted by atomic mass is 10.3. The fourth-order valence-electron chi connectivity index (χ4n) is 0.266. The molecule has 0 heterocycles. The van der Waals surface area contributed by atoms with E-state index in [2.05, 4.69) is 19.7 Å². The van der Waals surface area contributed by atoms with Crippen LogP contribution in [0, 0.1) is 0 Å². The van der Waals surface area contributed by atoms with Gasteiger partial charge in [0, 0.05) is 0 Å². The van der Waals surface area contributed by atoms with Crippen molar-refractivity contribution in [1.82, 2.24) is 0 Å². The minimum atomic E-state index is -0.474. The van der Waals surface area contributed by atoms with E-state index in [4.69, 9.17) is 0 Å². The molecule has 0 radical (unpaired) electrons. The molecule has 48 valence electrons. The quantitative estimate of drug-likeness (QED) is 0.507. The molecule has 0 atom stereocenters. The van der Waals surface area contributed by atoms with Crippen LogP contribution in [0.5, 0.6) is 0 Å². The summed E-state index contributed by atoms with van der Waals surface area (Å²) in [5, 5.41) is 0. The summed E-state index contributed by atoms with van der Waals surface area (Å²) in [6, 6.07) is 0. The summed E-state index contributed by atoms with van der Waals surface area (Å²) >= 11 is 0. The molecule has 0 nitrogen and oxygen atoms in total. The van der Waals surface area contributed by atoms with Crippen molar-refractivity contribution < 1.29 is 4.39 Å². The third-order valence-corrected chi connectivity index (χ3v) is 0.740. The predicted molar refractivity (Wildman–Crippen MR) is 38.7 cm³/mol. The molecule has 0 N–H and O–H groups in total. The molecule has 0 aliphatic rings. The maximum Gasteiger partial charge on any atom is 0.116 e. The molecular formula is C8H9F. The van der Waals surface area contributed by atoms with Gasteiger partial charge in [-0.15, -0.1) is 0 Å². The summed E-state index contributed by atoms with van der Waals surface area (Å²) in [5.41, 5.74) is 0.675. The average Bonchev–Trinajstić information content (AvgIpc) is 1.83. The fourth-order valence-corrected chi connectivity index (χ4v) is 0.266. The van der Waals surface area contributed by atoms with Crippen LogP contribution in [0.3, 0.4) is 0 Å². The third kappa shape index (κ3) is 4.75. The minimum absolute atomic E-state index is 0.474. The van der Waals surface area contributed by atoms with Gasteiger partial charge in [0.2, 0.25) is 0 Å². The first-order valence-corrected chi connectivity index (χ1v) is 2.50. The fraction of sp³-hybridized carbons (Fsp3) is 0. The number of halogens is 1. The lowest BCUT2D eigenvalue weighted by Crippen LogP contribution is -1.63. The van der Waals surface area contributed by atoms with Gasteiger partial charge in [-0.2, -0.15) is 0 Å². The first kappa shape index (κ1) is 7.89. The molecule has 0 aromatic carbocycles. The molecule has 0 aliphatic carbocycles. The van der Waals surface area contributed by atoms with E-state index in [1.807, 2.05) is 0 Å². The Morgan fingerprint density at radius 3 is 2.11 bits per heavy atom. The molecule has 9 heavy (non-hydrogen) atoms. The smallest absolute Gasteiger partial charge is 0.116 e. The molecular weight excluding hydrogens is 115 g/mol. The van der Waals surface area contributed by atoms with E-state index in [0.717, 1.165) is 0 Å². The van der Waals surface area contributed by atoms with E-state index >= 15 is 0 Å². The summed E-state index contributed by atoms with van der Waals surface area (Å²) < 4.78 is 11.8. The highest BCUT2D eigenvalue weighted by molar-refractivity contribution is 5.28. The Morgan fingerprint density at radius 2 is 1.78 bits per heavy atom. The molecule has 0 saturated carbocycles. The van der Waals surface area contributed by atoms with Crippen LogP contribution < -0.4 is 0 Å². The molecule has 0 fully saturated rings.